The number of carbonyl (C=O) groups is 3. The Morgan fingerprint density at radius 2 is 1.94 bits per heavy atom. The Kier molecular flexibility index (Phi) is 8.50. The van der Waals surface area contributed by atoms with Crippen molar-refractivity contribution in [2.75, 3.05) is 20.3 Å². The number of ether oxygens (including phenoxy) is 3. The van der Waals surface area contributed by atoms with Gasteiger partial charge in [-0.15, -0.1) is 0 Å². The molecule has 1 fully saturated rings. The van der Waals surface area contributed by atoms with E-state index in [2.05, 4.69) is 0 Å². The van der Waals surface area contributed by atoms with E-state index in [1.807, 2.05) is 22.6 Å². The maximum atomic E-state index is 12.8. The summed E-state index contributed by atoms with van der Waals surface area (Å²) in [6.07, 6.45) is 1.57. The minimum Gasteiger partial charge on any atom is -0.493 e. The molecule has 0 radical (unpaired) electrons. The molecule has 2 aromatic carbocycles. The third kappa shape index (κ3) is 6.05. The summed E-state index contributed by atoms with van der Waals surface area (Å²) in [6.45, 7) is 1.67. The lowest BCUT2D eigenvalue weighted by Gasteiger charge is -2.13. The Labute approximate surface area is 212 Å². The number of nitro benzene ring substituents is 1. The summed E-state index contributed by atoms with van der Waals surface area (Å²) < 4.78 is 16.4. The molecule has 0 bridgehead atoms. The number of benzene rings is 2. The van der Waals surface area contributed by atoms with Gasteiger partial charge in [-0.3, -0.25) is 24.6 Å². The maximum absolute atomic E-state index is 12.8. The molecule has 0 spiro atoms. The van der Waals surface area contributed by atoms with Crippen LogP contribution in [0.3, 0.4) is 0 Å². The first kappa shape index (κ1) is 25.5. The average molecular weight is 598 g/mol. The number of imide groups is 1. The van der Waals surface area contributed by atoms with Crippen LogP contribution in [0.2, 0.25) is 0 Å². The zero-order valence-electron chi connectivity index (χ0n) is 18.1. The molecule has 1 heterocycles. The molecular weight excluding hydrogens is 579 g/mol. The van der Waals surface area contributed by atoms with E-state index in [4.69, 9.17) is 14.2 Å². The average Bonchev–Trinajstić information content (AvgIpc) is 3.05. The van der Waals surface area contributed by atoms with E-state index in [9.17, 15) is 24.5 Å². The molecule has 0 N–H and O–H groups in total. The summed E-state index contributed by atoms with van der Waals surface area (Å²) >= 11 is 2.82. The Morgan fingerprint density at radius 1 is 1.24 bits per heavy atom. The van der Waals surface area contributed by atoms with E-state index in [0.717, 1.165) is 16.7 Å². The molecule has 12 heteroatoms. The Morgan fingerprint density at radius 3 is 2.56 bits per heavy atom. The van der Waals surface area contributed by atoms with Crippen LogP contribution in [0.25, 0.3) is 6.08 Å². The standard InChI is InChI=1S/C22H19IN2O8S/c1-3-32-19(26)12-33-20-16(23)8-14(9-17(20)31-2)10-18-21(27)24(22(28)34-18)11-13-4-6-15(7-5-13)25(29)30/h4-10H,3,11-12H2,1-2H3/b18-10-. The number of nitro groups is 1. The van der Waals surface area contributed by atoms with Gasteiger partial charge in [0, 0.05) is 12.1 Å². The summed E-state index contributed by atoms with van der Waals surface area (Å²) in [5.74, 6) is -0.261. The number of rotatable bonds is 9. The predicted octanol–water partition coefficient (Wildman–Crippen LogP) is 4.39. The number of hydrogen-bond acceptors (Lipinski definition) is 9. The van der Waals surface area contributed by atoms with Crippen molar-refractivity contribution in [3.8, 4) is 11.5 Å². The summed E-state index contributed by atoms with van der Waals surface area (Å²) in [6, 6.07) is 9.02. The molecule has 2 amide bonds. The third-order valence-corrected chi connectivity index (χ3v) is 6.26. The minimum absolute atomic E-state index is 0.00148. The zero-order valence-corrected chi connectivity index (χ0v) is 21.1. The molecular formula is C22H19IN2O8S. The smallest absolute Gasteiger partial charge is 0.344 e. The Bertz CT molecular complexity index is 1170. The molecule has 10 nitrogen and oxygen atoms in total. The van der Waals surface area contributed by atoms with Crippen LogP contribution >= 0.6 is 34.4 Å². The highest BCUT2D eigenvalue weighted by molar-refractivity contribution is 14.1. The van der Waals surface area contributed by atoms with Crippen LogP contribution in [0, 0.1) is 13.7 Å². The van der Waals surface area contributed by atoms with Crippen LogP contribution in [0.1, 0.15) is 18.1 Å². The van der Waals surface area contributed by atoms with Gasteiger partial charge in [0.25, 0.3) is 16.8 Å². The fourth-order valence-electron chi connectivity index (χ4n) is 2.99. The fourth-order valence-corrected chi connectivity index (χ4v) is 4.61. The van der Waals surface area contributed by atoms with Gasteiger partial charge in [-0.2, -0.15) is 0 Å². The first-order valence-corrected chi connectivity index (χ1v) is 11.8. The zero-order chi connectivity index (χ0) is 24.8. The van der Waals surface area contributed by atoms with Gasteiger partial charge in [-0.25, -0.2) is 4.79 Å². The third-order valence-electron chi connectivity index (χ3n) is 4.55. The second-order valence-electron chi connectivity index (χ2n) is 6.82. The molecule has 2 aromatic rings. The van der Waals surface area contributed by atoms with Gasteiger partial charge in [0.15, 0.2) is 18.1 Å². The van der Waals surface area contributed by atoms with E-state index >= 15 is 0 Å². The molecule has 34 heavy (non-hydrogen) atoms. The van der Waals surface area contributed by atoms with Gasteiger partial charge in [0.1, 0.15) is 0 Å². The van der Waals surface area contributed by atoms with Crippen molar-refractivity contribution in [3.63, 3.8) is 0 Å². The van der Waals surface area contributed by atoms with E-state index in [0.29, 0.717) is 26.2 Å². The number of thioether (sulfide) groups is 1. The maximum Gasteiger partial charge on any atom is 0.344 e. The van der Waals surface area contributed by atoms with Crippen LogP contribution in [0.4, 0.5) is 10.5 Å². The topological polar surface area (TPSA) is 125 Å². The monoisotopic (exact) mass is 598 g/mol. The van der Waals surface area contributed by atoms with E-state index in [-0.39, 0.29) is 30.4 Å². The van der Waals surface area contributed by atoms with Crippen molar-refractivity contribution in [2.24, 2.45) is 0 Å². The number of nitrogens with zero attached hydrogens (tertiary/aromatic N) is 2. The lowest BCUT2D eigenvalue weighted by Crippen LogP contribution is -2.27. The minimum atomic E-state index is -0.518. The number of methoxy groups -OCH3 is 1. The highest BCUT2D eigenvalue weighted by atomic mass is 127. The van der Waals surface area contributed by atoms with Gasteiger partial charge in [-0.1, -0.05) is 12.1 Å². The molecule has 0 aliphatic carbocycles. The SMILES string of the molecule is CCOC(=O)COc1c(I)cc(/C=C2\SC(=O)N(Cc3ccc([N+](=O)[O-])cc3)C2=O)cc1OC. The Hall–Kier alpha value is -3.13. The van der Waals surface area contributed by atoms with E-state index < -0.39 is 22.0 Å². The van der Waals surface area contributed by atoms with Crippen LogP contribution in [-0.4, -0.2) is 47.3 Å². The second-order valence-corrected chi connectivity index (χ2v) is 8.97. The number of carbonyl (C=O) groups excluding carboxylic acids is 3. The summed E-state index contributed by atoms with van der Waals surface area (Å²) in [5, 5.41) is 10.4. The molecule has 0 aromatic heterocycles. The van der Waals surface area contributed by atoms with Crippen LogP contribution < -0.4 is 9.47 Å². The molecule has 0 unspecified atom stereocenters. The van der Waals surface area contributed by atoms with Gasteiger partial charge < -0.3 is 14.2 Å². The number of halogens is 1. The van der Waals surface area contributed by atoms with Crippen LogP contribution in [-0.2, 0) is 20.9 Å². The first-order chi connectivity index (χ1) is 16.2. The Balaban J connectivity index is 1.77. The van der Waals surface area contributed by atoms with Gasteiger partial charge in [0.05, 0.1) is 33.7 Å². The number of hydrogen-bond donors (Lipinski definition) is 0. The van der Waals surface area contributed by atoms with Crippen LogP contribution in [0.15, 0.2) is 41.3 Å². The van der Waals surface area contributed by atoms with Crippen LogP contribution in [0.5, 0.6) is 11.5 Å². The number of amides is 2. The molecule has 1 aliphatic heterocycles. The number of non-ortho nitro benzene ring substituents is 1. The molecule has 1 saturated heterocycles. The van der Waals surface area contributed by atoms with E-state index in [1.165, 1.54) is 31.4 Å². The fraction of sp³-hybridized carbons (Fsp3) is 0.227. The predicted molar refractivity (Wildman–Crippen MR) is 132 cm³/mol. The summed E-state index contributed by atoms with van der Waals surface area (Å²) in [4.78, 5) is 48.5. The normalized spacial score (nSPS) is 14.4. The van der Waals surface area contributed by atoms with Crippen molar-refractivity contribution in [1.29, 1.82) is 0 Å². The van der Waals surface area contributed by atoms with Gasteiger partial charge in [-0.05, 0) is 70.6 Å². The molecule has 0 atom stereocenters. The quantitative estimate of drug-likeness (QED) is 0.136. The van der Waals surface area contributed by atoms with Crippen molar-refractivity contribution < 1.29 is 33.5 Å². The highest BCUT2D eigenvalue weighted by Gasteiger charge is 2.35. The van der Waals surface area contributed by atoms with Gasteiger partial charge >= 0.3 is 5.97 Å². The second kappa shape index (κ2) is 11.3. The number of esters is 1. The molecule has 1 aliphatic rings. The lowest BCUT2D eigenvalue weighted by molar-refractivity contribution is -0.384. The molecule has 3 rings (SSSR count). The lowest BCUT2D eigenvalue weighted by atomic mass is 10.1. The van der Waals surface area contributed by atoms with Crippen molar-refractivity contribution in [1.82, 2.24) is 4.90 Å². The molecule has 178 valence electrons. The summed E-state index contributed by atoms with van der Waals surface area (Å²) in [7, 11) is 1.45. The van der Waals surface area contributed by atoms with Crippen molar-refractivity contribution >= 4 is 63.2 Å². The first-order valence-electron chi connectivity index (χ1n) is 9.88. The van der Waals surface area contributed by atoms with E-state index in [1.54, 1.807) is 25.1 Å². The van der Waals surface area contributed by atoms with Crippen molar-refractivity contribution in [2.45, 2.75) is 13.5 Å². The largest absolute Gasteiger partial charge is 0.493 e. The van der Waals surface area contributed by atoms with Crippen molar-refractivity contribution in [3.05, 3.63) is 66.1 Å². The van der Waals surface area contributed by atoms with Gasteiger partial charge in [0.2, 0.25) is 0 Å². The summed E-state index contributed by atoms with van der Waals surface area (Å²) in [5.41, 5.74) is 1.12. The highest BCUT2D eigenvalue weighted by Crippen LogP contribution is 2.37. The molecule has 0 saturated carbocycles.